The predicted molar refractivity (Wildman–Crippen MR) is 68.3 cm³/mol. The van der Waals surface area contributed by atoms with Crippen molar-refractivity contribution < 1.29 is 0 Å². The second kappa shape index (κ2) is 4.64. The highest BCUT2D eigenvalue weighted by Gasteiger charge is 2.47. The quantitative estimate of drug-likeness (QED) is 0.797. The largest absolute Gasteiger partial charge is 0.329 e. The minimum atomic E-state index is 0.342. The van der Waals surface area contributed by atoms with E-state index in [1.54, 1.807) is 0 Å². The molecule has 1 heterocycles. The molecule has 2 N–H and O–H groups in total. The smallest absolute Gasteiger partial charge is 0.0357 e. The fraction of sp³-hybridized carbons (Fsp3) is 1.00. The Bertz CT molecular complexity index is 212. The van der Waals surface area contributed by atoms with Crippen molar-refractivity contribution in [3.05, 3.63) is 0 Å². The van der Waals surface area contributed by atoms with E-state index in [9.17, 15) is 0 Å². The molecular weight excluding hydrogens is 204 g/mol. The summed E-state index contributed by atoms with van der Waals surface area (Å²) in [6.45, 7) is 8.01. The van der Waals surface area contributed by atoms with Crippen LogP contribution in [0.5, 0.6) is 0 Å². The van der Waals surface area contributed by atoms with Crippen LogP contribution in [0.15, 0.2) is 0 Å². The average Bonchev–Trinajstić information content (AvgIpc) is 3.05. The molecule has 1 saturated heterocycles. The van der Waals surface area contributed by atoms with Gasteiger partial charge in [0.05, 0.1) is 0 Å². The van der Waals surface area contributed by atoms with Gasteiger partial charge >= 0.3 is 0 Å². The SMILES string of the molecule is CCC(CN)(C1CC1)N1CCSC(C)C1. The van der Waals surface area contributed by atoms with Crippen LogP contribution in [0.2, 0.25) is 0 Å². The summed E-state index contributed by atoms with van der Waals surface area (Å²) in [4.78, 5) is 2.70. The molecule has 15 heavy (non-hydrogen) atoms. The second-order valence-corrected chi connectivity index (χ2v) is 6.61. The Morgan fingerprint density at radius 1 is 1.47 bits per heavy atom. The lowest BCUT2D eigenvalue weighted by Crippen LogP contribution is -2.58. The summed E-state index contributed by atoms with van der Waals surface area (Å²) < 4.78 is 0. The molecule has 0 spiro atoms. The van der Waals surface area contributed by atoms with Gasteiger partial charge < -0.3 is 5.73 Å². The van der Waals surface area contributed by atoms with Crippen molar-refractivity contribution in [3.8, 4) is 0 Å². The molecule has 0 bridgehead atoms. The Kier molecular flexibility index (Phi) is 3.63. The summed E-state index contributed by atoms with van der Waals surface area (Å²) in [5.41, 5.74) is 6.43. The lowest BCUT2D eigenvalue weighted by molar-refractivity contribution is 0.0728. The van der Waals surface area contributed by atoms with Crippen molar-refractivity contribution in [1.29, 1.82) is 0 Å². The highest BCUT2D eigenvalue weighted by atomic mass is 32.2. The molecule has 0 aromatic rings. The van der Waals surface area contributed by atoms with Crippen LogP contribution in [0.25, 0.3) is 0 Å². The van der Waals surface area contributed by atoms with Crippen LogP contribution < -0.4 is 5.73 Å². The van der Waals surface area contributed by atoms with E-state index >= 15 is 0 Å². The van der Waals surface area contributed by atoms with Gasteiger partial charge in [-0.15, -0.1) is 0 Å². The third-order valence-corrected chi connectivity index (χ3v) is 5.31. The maximum Gasteiger partial charge on any atom is 0.0357 e. The molecule has 2 unspecified atom stereocenters. The molecule has 2 aliphatic rings. The summed E-state index contributed by atoms with van der Waals surface area (Å²) in [6, 6.07) is 0. The van der Waals surface area contributed by atoms with Gasteiger partial charge in [0.2, 0.25) is 0 Å². The van der Waals surface area contributed by atoms with Gasteiger partial charge in [0, 0.05) is 36.2 Å². The van der Waals surface area contributed by atoms with Gasteiger partial charge in [0.15, 0.2) is 0 Å². The standard InChI is InChI=1S/C12H24N2S/c1-3-12(9-13,11-4-5-11)14-6-7-15-10(2)8-14/h10-11H,3-9,13H2,1-2H3. The van der Waals surface area contributed by atoms with Crippen molar-refractivity contribution in [2.24, 2.45) is 11.7 Å². The first-order valence-corrected chi connectivity index (χ1v) is 7.34. The fourth-order valence-corrected chi connectivity index (χ4v) is 4.07. The molecule has 0 radical (unpaired) electrons. The molecule has 1 aliphatic carbocycles. The van der Waals surface area contributed by atoms with E-state index in [1.807, 2.05) is 0 Å². The summed E-state index contributed by atoms with van der Waals surface area (Å²) in [7, 11) is 0. The summed E-state index contributed by atoms with van der Waals surface area (Å²) in [6.07, 6.45) is 4.04. The van der Waals surface area contributed by atoms with Crippen molar-refractivity contribution in [1.82, 2.24) is 4.90 Å². The van der Waals surface area contributed by atoms with E-state index < -0.39 is 0 Å². The molecular formula is C12H24N2S. The van der Waals surface area contributed by atoms with Gasteiger partial charge in [-0.2, -0.15) is 11.8 Å². The van der Waals surface area contributed by atoms with Crippen molar-refractivity contribution in [3.63, 3.8) is 0 Å². The lowest BCUT2D eigenvalue weighted by atomic mass is 9.87. The Morgan fingerprint density at radius 3 is 2.67 bits per heavy atom. The number of rotatable bonds is 4. The van der Waals surface area contributed by atoms with E-state index in [2.05, 4.69) is 30.5 Å². The van der Waals surface area contributed by atoms with Crippen LogP contribution in [0.3, 0.4) is 0 Å². The van der Waals surface area contributed by atoms with Crippen LogP contribution >= 0.6 is 11.8 Å². The van der Waals surface area contributed by atoms with Gasteiger partial charge in [-0.1, -0.05) is 13.8 Å². The van der Waals surface area contributed by atoms with Gasteiger partial charge in [0.25, 0.3) is 0 Å². The van der Waals surface area contributed by atoms with Crippen LogP contribution in [0, 0.1) is 5.92 Å². The van der Waals surface area contributed by atoms with E-state index in [0.29, 0.717) is 5.54 Å². The number of hydrogen-bond acceptors (Lipinski definition) is 3. The minimum Gasteiger partial charge on any atom is -0.329 e. The zero-order chi connectivity index (χ0) is 10.9. The summed E-state index contributed by atoms with van der Waals surface area (Å²) in [5, 5.41) is 0.787. The molecule has 2 fully saturated rings. The number of nitrogens with zero attached hydrogens (tertiary/aromatic N) is 1. The molecule has 0 aromatic carbocycles. The van der Waals surface area contributed by atoms with Gasteiger partial charge in [-0.3, -0.25) is 4.90 Å². The average molecular weight is 228 g/mol. The first-order valence-electron chi connectivity index (χ1n) is 6.29. The van der Waals surface area contributed by atoms with Crippen LogP contribution in [0.1, 0.15) is 33.1 Å². The van der Waals surface area contributed by atoms with Crippen molar-refractivity contribution in [2.75, 3.05) is 25.4 Å². The van der Waals surface area contributed by atoms with E-state index in [0.717, 1.165) is 17.7 Å². The zero-order valence-corrected chi connectivity index (χ0v) is 10.9. The highest BCUT2D eigenvalue weighted by molar-refractivity contribution is 7.99. The maximum absolute atomic E-state index is 6.09. The van der Waals surface area contributed by atoms with Crippen molar-refractivity contribution >= 4 is 11.8 Å². The molecule has 0 aromatic heterocycles. The fourth-order valence-electron chi connectivity index (χ4n) is 3.05. The van der Waals surface area contributed by atoms with Gasteiger partial charge in [-0.25, -0.2) is 0 Å². The number of nitrogens with two attached hydrogens (primary N) is 1. The minimum absolute atomic E-state index is 0.342. The molecule has 0 amide bonds. The first-order chi connectivity index (χ1) is 7.23. The summed E-state index contributed by atoms with van der Waals surface area (Å²) in [5.74, 6) is 2.18. The zero-order valence-electron chi connectivity index (χ0n) is 10.0. The summed E-state index contributed by atoms with van der Waals surface area (Å²) >= 11 is 2.11. The van der Waals surface area contributed by atoms with E-state index in [4.69, 9.17) is 5.73 Å². The number of thioether (sulfide) groups is 1. The third-order valence-electron chi connectivity index (χ3n) is 4.17. The predicted octanol–water partition coefficient (Wildman–Crippen LogP) is 1.94. The van der Waals surface area contributed by atoms with Gasteiger partial charge in [0.1, 0.15) is 0 Å². The first kappa shape index (κ1) is 11.7. The monoisotopic (exact) mass is 228 g/mol. The molecule has 1 saturated carbocycles. The van der Waals surface area contributed by atoms with Crippen molar-refractivity contribution in [2.45, 2.75) is 43.9 Å². The van der Waals surface area contributed by atoms with E-state index in [-0.39, 0.29) is 0 Å². The molecule has 2 rings (SSSR count). The normalized spacial score (nSPS) is 32.6. The third kappa shape index (κ3) is 2.20. The molecule has 1 aliphatic heterocycles. The molecule has 2 nitrogen and oxygen atoms in total. The molecule has 88 valence electrons. The second-order valence-electron chi connectivity index (χ2n) is 5.06. The lowest BCUT2D eigenvalue weighted by Gasteiger charge is -2.46. The molecule has 3 heteroatoms. The van der Waals surface area contributed by atoms with Gasteiger partial charge in [-0.05, 0) is 25.2 Å². The molecule has 2 atom stereocenters. The van der Waals surface area contributed by atoms with Crippen LogP contribution in [0.4, 0.5) is 0 Å². The van der Waals surface area contributed by atoms with Crippen LogP contribution in [-0.4, -0.2) is 41.1 Å². The van der Waals surface area contributed by atoms with E-state index in [1.165, 1.54) is 38.1 Å². The Morgan fingerprint density at radius 2 is 2.20 bits per heavy atom. The Labute approximate surface area is 98.0 Å². The topological polar surface area (TPSA) is 29.3 Å². The Balaban J connectivity index is 2.08. The maximum atomic E-state index is 6.09. The Hall–Kier alpha value is 0.270. The number of hydrogen-bond donors (Lipinski definition) is 1. The highest BCUT2D eigenvalue weighted by Crippen LogP contribution is 2.45. The van der Waals surface area contributed by atoms with Crippen LogP contribution in [-0.2, 0) is 0 Å².